The smallest absolute Gasteiger partial charge is 0.387 e. The van der Waals surface area contributed by atoms with Gasteiger partial charge in [-0.05, 0) is 0 Å². The van der Waals surface area contributed by atoms with Gasteiger partial charge in [-0.25, -0.2) is 19.1 Å². The topological polar surface area (TPSA) is 347 Å². The molecule has 6 rings (SSSR count). The van der Waals surface area contributed by atoms with Crippen molar-refractivity contribution in [3.63, 3.8) is 0 Å². The molecule has 47 heavy (non-hydrogen) atoms. The first-order chi connectivity index (χ1) is 22.0. The summed E-state index contributed by atoms with van der Waals surface area (Å²) in [5, 5.41) is 19.4. The third-order valence-corrected chi connectivity index (χ3v) is 11.3. The fourth-order valence-electron chi connectivity index (χ4n) is 5.00. The van der Waals surface area contributed by atoms with Crippen LogP contribution in [-0.4, -0.2) is 110 Å². The van der Waals surface area contributed by atoms with E-state index in [0.717, 1.165) is 10.9 Å². The summed E-state index contributed by atoms with van der Waals surface area (Å²) in [5.41, 5.74) is 9.52. The molecule has 0 aliphatic carbocycles. The van der Waals surface area contributed by atoms with Crippen molar-refractivity contribution in [3.8, 4) is 0 Å². The zero-order valence-corrected chi connectivity index (χ0v) is 26.9. The Balaban J connectivity index is 1.07. The number of thiol groups is 2. The molecule has 0 saturated carbocycles. The van der Waals surface area contributed by atoms with E-state index in [1.54, 1.807) is 0 Å². The maximum absolute atomic E-state index is 12.6. The summed E-state index contributed by atoms with van der Waals surface area (Å²) < 4.78 is 51.6. The Morgan fingerprint density at radius 1 is 0.915 bits per heavy atom. The molecule has 10 N–H and O–H groups in total. The number of phosphoric acid groups is 2. The fraction of sp³-hybridized carbons (Fsp3) is 0.550. The van der Waals surface area contributed by atoms with Gasteiger partial charge < -0.3 is 40.9 Å². The van der Waals surface area contributed by atoms with Gasteiger partial charge in [0.2, 0.25) is 11.9 Å². The largest absolute Gasteiger partial charge is 0.481 e. The predicted octanol–water partition coefficient (Wildman–Crippen LogP) is -4.12. The van der Waals surface area contributed by atoms with Gasteiger partial charge in [0, 0.05) is 10.5 Å². The molecule has 3 aliphatic heterocycles. The van der Waals surface area contributed by atoms with Gasteiger partial charge in [0.05, 0.1) is 25.6 Å². The first-order valence-electron chi connectivity index (χ1n) is 13.3. The number of aromatic nitrogens is 6. The Bertz CT molecular complexity index is 2050. The minimum Gasteiger partial charge on any atom is -0.387 e. The van der Waals surface area contributed by atoms with Crippen LogP contribution >= 0.6 is 40.9 Å². The van der Waals surface area contributed by atoms with Crippen molar-refractivity contribution >= 4 is 64.0 Å². The highest BCUT2D eigenvalue weighted by molar-refractivity contribution is 7.85. The predicted molar refractivity (Wildman–Crippen MR) is 161 cm³/mol. The number of nitrogens with two attached hydrogens (primary N) is 2. The summed E-state index contributed by atoms with van der Waals surface area (Å²) in [6.45, 7) is -1.64. The SMILES string of the molecule is Nc1nc2c(c(=O)[nH]1)=N[C@H]1[C@@H](S)[C@H](S)[C@@H](COP(=O)(O)OP(=O)(O)OC[C@H]3O[C@@H](n4cnc5c(=O)[nH]c(N)nc54)[C@H](O)[C@@H]3O)O[C@H]1N=2. The summed E-state index contributed by atoms with van der Waals surface area (Å²) in [4.78, 5) is 69.4. The van der Waals surface area contributed by atoms with Gasteiger partial charge >= 0.3 is 15.6 Å². The van der Waals surface area contributed by atoms with Gasteiger partial charge in [0.15, 0.2) is 34.5 Å². The number of rotatable bonds is 9. The second-order valence-electron chi connectivity index (χ2n) is 10.4. The van der Waals surface area contributed by atoms with Gasteiger partial charge in [-0.2, -0.15) is 39.5 Å². The Morgan fingerprint density at radius 3 is 2.26 bits per heavy atom. The van der Waals surface area contributed by atoms with Crippen molar-refractivity contribution in [3.05, 3.63) is 37.9 Å². The molecule has 2 fully saturated rings. The molecule has 2 saturated heterocycles. The lowest BCUT2D eigenvalue weighted by molar-refractivity contribution is -0.0725. The molecule has 0 radical (unpaired) electrons. The Labute approximate surface area is 271 Å². The summed E-state index contributed by atoms with van der Waals surface area (Å²) in [6.07, 6.45) is -7.31. The number of ether oxygens (including phenoxy) is 2. The van der Waals surface area contributed by atoms with E-state index in [0.29, 0.717) is 0 Å². The first-order valence-corrected chi connectivity index (χ1v) is 17.3. The zero-order chi connectivity index (χ0) is 34.0. The molecule has 0 amide bonds. The Hall–Kier alpha value is -2.77. The molecule has 0 aromatic carbocycles. The second kappa shape index (κ2) is 12.6. The third kappa shape index (κ3) is 6.76. The maximum atomic E-state index is 12.6. The fourth-order valence-corrected chi connectivity index (χ4v) is 7.83. The van der Waals surface area contributed by atoms with E-state index < -0.39 is 93.4 Å². The van der Waals surface area contributed by atoms with E-state index in [-0.39, 0.29) is 33.9 Å². The van der Waals surface area contributed by atoms with E-state index in [1.807, 2.05) is 0 Å². The summed E-state index contributed by atoms with van der Waals surface area (Å²) in [5.74, 6) is -0.463. The molecule has 3 aromatic heterocycles. The van der Waals surface area contributed by atoms with E-state index in [9.17, 15) is 38.7 Å². The van der Waals surface area contributed by atoms with Gasteiger partial charge in [-0.15, -0.1) is 0 Å². The molecule has 3 aromatic rings. The van der Waals surface area contributed by atoms with Crippen LogP contribution in [0.15, 0.2) is 25.9 Å². The standard InChI is InChI=1S/C20H26N10O13P2S2/c21-19-26-13-7(15(33)28-19)24-6-12(47)11(46)5(41-17(6)25-13)2-40-45(37,38)43-44(35,36)39-1-4-9(31)10(32)18(42-4)30-3-23-8-14(30)27-20(22)29-16(8)34/h3-6,9-12,17-18,31-32,46-47H,1-2H2,(H,35,36)(H,37,38)(H3,22,27,29,34)(H3,21,25,26,28,33)/t4-,5-,6+,9-,10-,11-,12-,17-,18-/m1/s1. The van der Waals surface area contributed by atoms with Crippen molar-refractivity contribution in [2.45, 2.75) is 53.4 Å². The van der Waals surface area contributed by atoms with Crippen LogP contribution in [0.25, 0.3) is 11.2 Å². The maximum Gasteiger partial charge on any atom is 0.481 e. The minimum absolute atomic E-state index is 0.0834. The number of aliphatic hydroxyl groups is 2. The number of anilines is 2. The van der Waals surface area contributed by atoms with Crippen LogP contribution in [0, 0.1) is 0 Å². The van der Waals surface area contributed by atoms with Crippen molar-refractivity contribution in [2.24, 2.45) is 9.98 Å². The number of hydrogen-bond acceptors (Lipinski definition) is 20. The summed E-state index contributed by atoms with van der Waals surface area (Å²) in [6, 6.07) is -0.796. The molecule has 256 valence electrons. The summed E-state index contributed by atoms with van der Waals surface area (Å²) >= 11 is 8.90. The van der Waals surface area contributed by atoms with Crippen LogP contribution in [-0.2, 0) is 32.0 Å². The molecule has 0 spiro atoms. The molecule has 23 nitrogen and oxygen atoms in total. The molecule has 6 heterocycles. The lowest BCUT2D eigenvalue weighted by atomic mass is 10.0. The van der Waals surface area contributed by atoms with Crippen LogP contribution in [0.2, 0.25) is 0 Å². The van der Waals surface area contributed by atoms with Gasteiger partial charge in [-0.3, -0.25) is 38.2 Å². The summed E-state index contributed by atoms with van der Waals surface area (Å²) in [7, 11) is -10.7. The van der Waals surface area contributed by atoms with Crippen LogP contribution in [0.4, 0.5) is 11.9 Å². The van der Waals surface area contributed by atoms with Gasteiger partial charge in [0.1, 0.15) is 24.4 Å². The van der Waals surface area contributed by atoms with Gasteiger partial charge in [0.25, 0.3) is 11.1 Å². The number of aromatic amines is 2. The highest BCUT2D eigenvalue weighted by Crippen LogP contribution is 2.60. The number of nitrogens with one attached hydrogen (secondary N) is 2. The minimum atomic E-state index is -5.38. The van der Waals surface area contributed by atoms with Crippen molar-refractivity contribution in [1.29, 1.82) is 0 Å². The molecular weight excluding hydrogens is 714 g/mol. The van der Waals surface area contributed by atoms with E-state index in [4.69, 9.17) is 30.0 Å². The average Bonchev–Trinajstić information content (AvgIpc) is 3.52. The van der Waals surface area contributed by atoms with E-state index in [1.165, 1.54) is 0 Å². The number of H-pyrrole nitrogens is 2. The van der Waals surface area contributed by atoms with Crippen LogP contribution < -0.4 is 33.4 Å². The molecule has 2 unspecified atom stereocenters. The van der Waals surface area contributed by atoms with Crippen LogP contribution in [0.3, 0.4) is 0 Å². The molecule has 3 aliphatic rings. The second-order valence-corrected chi connectivity index (χ2v) is 14.6. The number of aliphatic hydroxyl groups excluding tert-OH is 2. The number of imidazole rings is 1. The van der Waals surface area contributed by atoms with Crippen molar-refractivity contribution in [2.75, 3.05) is 24.7 Å². The average molecular weight is 741 g/mol. The molecule has 11 atom stereocenters. The Kier molecular flexibility index (Phi) is 9.14. The molecule has 0 bridgehead atoms. The zero-order valence-electron chi connectivity index (χ0n) is 23.3. The molecular formula is C20H26N10O13P2S2. The number of fused-ring (bicyclic) bond motifs is 3. The van der Waals surface area contributed by atoms with E-state index >= 15 is 0 Å². The molecule has 27 heteroatoms. The highest BCUT2D eigenvalue weighted by atomic mass is 32.1. The van der Waals surface area contributed by atoms with Crippen LogP contribution in [0.1, 0.15) is 6.23 Å². The lowest BCUT2D eigenvalue weighted by Gasteiger charge is -2.41. The quantitative estimate of drug-likeness (QED) is 0.0735. The number of nitrogens with zero attached hydrogens (tertiary/aromatic N) is 6. The monoisotopic (exact) mass is 740 g/mol. The number of nitrogen functional groups attached to an aromatic ring is 2. The van der Waals surface area contributed by atoms with Crippen LogP contribution in [0.5, 0.6) is 0 Å². The number of hydrogen-bond donors (Lipinski definition) is 10. The third-order valence-electron chi connectivity index (χ3n) is 7.18. The van der Waals surface area contributed by atoms with Gasteiger partial charge in [-0.1, -0.05) is 0 Å². The normalized spacial score (nSPS) is 32.9. The van der Waals surface area contributed by atoms with Crippen molar-refractivity contribution < 1.29 is 52.0 Å². The lowest BCUT2D eigenvalue weighted by Crippen LogP contribution is -2.59. The van der Waals surface area contributed by atoms with Crippen molar-refractivity contribution in [1.82, 2.24) is 29.5 Å². The Morgan fingerprint density at radius 2 is 1.55 bits per heavy atom. The number of phosphoric ester groups is 2. The highest BCUT2D eigenvalue weighted by Gasteiger charge is 2.48. The van der Waals surface area contributed by atoms with E-state index in [2.05, 4.69) is 64.5 Å². The first kappa shape index (κ1) is 34.1.